The van der Waals surface area contributed by atoms with Crippen molar-refractivity contribution in [2.24, 2.45) is 0 Å². The molecule has 2 N–H and O–H groups in total. The molecule has 0 atom stereocenters. The molecule has 2 aromatic heterocycles. The summed E-state index contributed by atoms with van der Waals surface area (Å²) >= 11 is 1.58. The number of aromatic nitrogens is 3. The summed E-state index contributed by atoms with van der Waals surface area (Å²) in [6.07, 6.45) is 3.63. The van der Waals surface area contributed by atoms with Crippen molar-refractivity contribution in [3.8, 4) is 10.7 Å². The molecule has 0 aliphatic carbocycles. The van der Waals surface area contributed by atoms with E-state index in [1.807, 2.05) is 26.4 Å². The number of nitrogens with zero attached hydrogens (tertiary/aromatic N) is 2. The van der Waals surface area contributed by atoms with Crippen molar-refractivity contribution in [2.45, 2.75) is 6.92 Å². The second-order valence-electron chi connectivity index (χ2n) is 2.69. The average Bonchev–Trinajstić information content (AvgIpc) is 2.71. The van der Waals surface area contributed by atoms with E-state index in [1.54, 1.807) is 11.3 Å². The van der Waals surface area contributed by atoms with E-state index in [0.717, 1.165) is 21.5 Å². The fourth-order valence-corrected chi connectivity index (χ4v) is 1.76. The zero-order valence-electron chi connectivity index (χ0n) is 7.46. The Balaban J connectivity index is 2.35. The molecule has 0 aliphatic rings. The maximum atomic E-state index is 4.22. The van der Waals surface area contributed by atoms with Crippen LogP contribution in [0.5, 0.6) is 0 Å². The Bertz CT molecular complexity index is 404. The van der Waals surface area contributed by atoms with Crippen molar-refractivity contribution in [1.82, 2.24) is 15.0 Å². The summed E-state index contributed by atoms with van der Waals surface area (Å²) < 4.78 is 0. The van der Waals surface area contributed by atoms with Crippen LogP contribution < -0.4 is 5.32 Å². The first-order valence-electron chi connectivity index (χ1n) is 3.95. The summed E-state index contributed by atoms with van der Waals surface area (Å²) in [6, 6.07) is 0. The quantitative estimate of drug-likeness (QED) is 0.767. The van der Waals surface area contributed by atoms with Crippen molar-refractivity contribution < 1.29 is 0 Å². The number of aromatic amines is 1. The highest BCUT2D eigenvalue weighted by atomic mass is 32.1. The van der Waals surface area contributed by atoms with Gasteiger partial charge in [-0.3, -0.25) is 0 Å². The molecule has 0 saturated heterocycles. The molecule has 0 radical (unpaired) electrons. The van der Waals surface area contributed by atoms with Crippen LogP contribution in [0.1, 0.15) is 5.69 Å². The van der Waals surface area contributed by atoms with Crippen molar-refractivity contribution >= 4 is 16.5 Å². The number of thiazole rings is 1. The molecule has 0 amide bonds. The zero-order valence-corrected chi connectivity index (χ0v) is 8.27. The van der Waals surface area contributed by atoms with E-state index >= 15 is 0 Å². The van der Waals surface area contributed by atoms with Crippen LogP contribution >= 0.6 is 11.3 Å². The number of H-pyrrole nitrogens is 1. The molecule has 4 nitrogen and oxygen atoms in total. The van der Waals surface area contributed by atoms with Gasteiger partial charge in [-0.05, 0) is 6.92 Å². The van der Waals surface area contributed by atoms with E-state index in [0.29, 0.717) is 0 Å². The molecule has 0 bridgehead atoms. The highest BCUT2D eigenvalue weighted by Gasteiger charge is 2.05. The molecule has 0 unspecified atom stereocenters. The van der Waals surface area contributed by atoms with E-state index in [2.05, 4.69) is 20.3 Å². The fraction of sp³-hybridized carbons (Fsp3) is 0.250. The van der Waals surface area contributed by atoms with E-state index in [4.69, 9.17) is 0 Å². The van der Waals surface area contributed by atoms with Crippen LogP contribution in [-0.4, -0.2) is 22.0 Å². The van der Waals surface area contributed by atoms with Gasteiger partial charge in [-0.2, -0.15) is 0 Å². The normalized spacial score (nSPS) is 10.3. The SMILES string of the molecule is CNc1ncc(-c2ncc(C)[nH]2)s1. The van der Waals surface area contributed by atoms with Gasteiger partial charge < -0.3 is 10.3 Å². The van der Waals surface area contributed by atoms with Crippen LogP contribution in [0.25, 0.3) is 10.7 Å². The third-order valence-corrected chi connectivity index (χ3v) is 2.68. The van der Waals surface area contributed by atoms with E-state index < -0.39 is 0 Å². The molecule has 2 aromatic rings. The first-order valence-corrected chi connectivity index (χ1v) is 4.77. The Morgan fingerprint density at radius 2 is 2.23 bits per heavy atom. The molecule has 0 saturated carbocycles. The Morgan fingerprint density at radius 3 is 2.77 bits per heavy atom. The summed E-state index contributed by atoms with van der Waals surface area (Å²) in [5.74, 6) is 0.886. The Kier molecular flexibility index (Phi) is 2.02. The predicted molar refractivity (Wildman–Crippen MR) is 54.0 cm³/mol. The number of nitrogens with one attached hydrogen (secondary N) is 2. The molecule has 0 aliphatic heterocycles. The van der Waals surface area contributed by atoms with Crippen molar-refractivity contribution in [3.63, 3.8) is 0 Å². The highest BCUT2D eigenvalue weighted by Crippen LogP contribution is 2.25. The topological polar surface area (TPSA) is 53.6 Å². The van der Waals surface area contributed by atoms with E-state index in [-0.39, 0.29) is 0 Å². The molecular weight excluding hydrogens is 184 g/mol. The molecule has 5 heteroatoms. The second kappa shape index (κ2) is 3.18. The standard InChI is InChI=1S/C8H10N4S/c1-5-3-10-7(12-5)6-4-11-8(9-2)13-6/h3-4H,1-2H3,(H,9,11)(H,10,12). The number of rotatable bonds is 2. The Morgan fingerprint density at radius 1 is 1.38 bits per heavy atom. The van der Waals surface area contributed by atoms with Crippen LogP contribution in [-0.2, 0) is 0 Å². The number of hydrogen-bond donors (Lipinski definition) is 2. The lowest BCUT2D eigenvalue weighted by molar-refractivity contribution is 1.26. The first kappa shape index (κ1) is 8.25. The van der Waals surface area contributed by atoms with Gasteiger partial charge in [0.2, 0.25) is 0 Å². The number of hydrogen-bond acceptors (Lipinski definition) is 4. The minimum atomic E-state index is 0.886. The average molecular weight is 194 g/mol. The molecule has 2 rings (SSSR count). The van der Waals surface area contributed by atoms with Crippen LogP contribution in [0.3, 0.4) is 0 Å². The predicted octanol–water partition coefficient (Wildman–Crippen LogP) is 1.88. The lowest BCUT2D eigenvalue weighted by atomic mass is 10.5. The molecule has 0 fully saturated rings. The Hall–Kier alpha value is -1.36. The number of anilines is 1. The van der Waals surface area contributed by atoms with Gasteiger partial charge in [0.05, 0.1) is 11.1 Å². The smallest absolute Gasteiger partial charge is 0.183 e. The third kappa shape index (κ3) is 1.55. The minimum absolute atomic E-state index is 0.886. The molecule has 0 aromatic carbocycles. The maximum absolute atomic E-state index is 4.22. The van der Waals surface area contributed by atoms with Gasteiger partial charge in [-0.25, -0.2) is 9.97 Å². The van der Waals surface area contributed by atoms with Crippen molar-refractivity contribution in [1.29, 1.82) is 0 Å². The Labute approximate surface area is 80.1 Å². The van der Waals surface area contributed by atoms with Gasteiger partial charge in [-0.1, -0.05) is 11.3 Å². The van der Waals surface area contributed by atoms with Gasteiger partial charge in [0.1, 0.15) is 5.82 Å². The third-order valence-electron chi connectivity index (χ3n) is 1.66. The lowest BCUT2D eigenvalue weighted by Crippen LogP contribution is -1.83. The van der Waals surface area contributed by atoms with Crippen LogP contribution in [0.15, 0.2) is 12.4 Å². The number of aryl methyl sites for hydroxylation is 1. The summed E-state index contributed by atoms with van der Waals surface area (Å²) in [5, 5.41) is 3.90. The van der Waals surface area contributed by atoms with E-state index in [1.165, 1.54) is 0 Å². The summed E-state index contributed by atoms with van der Waals surface area (Å²) in [5.41, 5.74) is 1.06. The summed E-state index contributed by atoms with van der Waals surface area (Å²) in [6.45, 7) is 1.98. The largest absolute Gasteiger partial charge is 0.365 e. The molecular formula is C8H10N4S. The number of imidazole rings is 1. The fourth-order valence-electron chi connectivity index (χ4n) is 1.04. The minimum Gasteiger partial charge on any atom is -0.365 e. The van der Waals surface area contributed by atoms with Crippen LogP contribution in [0, 0.1) is 6.92 Å². The molecule has 0 spiro atoms. The van der Waals surface area contributed by atoms with Gasteiger partial charge in [0.15, 0.2) is 5.13 Å². The maximum Gasteiger partial charge on any atom is 0.183 e. The first-order chi connectivity index (χ1) is 6.29. The monoisotopic (exact) mass is 194 g/mol. The van der Waals surface area contributed by atoms with Crippen molar-refractivity contribution in [2.75, 3.05) is 12.4 Å². The zero-order chi connectivity index (χ0) is 9.26. The molecule has 68 valence electrons. The van der Waals surface area contributed by atoms with Crippen LogP contribution in [0.4, 0.5) is 5.13 Å². The van der Waals surface area contributed by atoms with E-state index in [9.17, 15) is 0 Å². The molecule has 2 heterocycles. The lowest BCUT2D eigenvalue weighted by Gasteiger charge is -1.88. The van der Waals surface area contributed by atoms with Gasteiger partial charge in [0, 0.05) is 18.9 Å². The van der Waals surface area contributed by atoms with Gasteiger partial charge >= 0.3 is 0 Å². The highest BCUT2D eigenvalue weighted by molar-refractivity contribution is 7.18. The second-order valence-corrected chi connectivity index (χ2v) is 3.73. The van der Waals surface area contributed by atoms with Gasteiger partial charge in [0.25, 0.3) is 0 Å². The van der Waals surface area contributed by atoms with Crippen LogP contribution in [0.2, 0.25) is 0 Å². The van der Waals surface area contributed by atoms with Gasteiger partial charge in [-0.15, -0.1) is 0 Å². The summed E-state index contributed by atoms with van der Waals surface area (Å²) in [4.78, 5) is 12.6. The molecule has 13 heavy (non-hydrogen) atoms. The van der Waals surface area contributed by atoms with Crippen molar-refractivity contribution in [3.05, 3.63) is 18.1 Å². The summed E-state index contributed by atoms with van der Waals surface area (Å²) in [7, 11) is 1.86.